The van der Waals surface area contributed by atoms with E-state index in [-0.39, 0.29) is 18.4 Å². The van der Waals surface area contributed by atoms with Crippen molar-refractivity contribution in [3.05, 3.63) is 59.5 Å². The Kier molecular flexibility index (Phi) is 7.56. The zero-order valence-electron chi connectivity index (χ0n) is 19.9. The summed E-state index contributed by atoms with van der Waals surface area (Å²) in [6, 6.07) is 9.25. The van der Waals surface area contributed by atoms with Crippen LogP contribution in [-0.2, 0) is 25.5 Å². The lowest BCUT2D eigenvalue weighted by Gasteiger charge is -2.34. The molecule has 3 unspecified atom stereocenters. The van der Waals surface area contributed by atoms with E-state index in [2.05, 4.69) is 5.32 Å². The smallest absolute Gasteiger partial charge is 0.255 e. The van der Waals surface area contributed by atoms with Crippen molar-refractivity contribution in [2.75, 3.05) is 13.7 Å². The van der Waals surface area contributed by atoms with Gasteiger partial charge in [0.05, 0.1) is 11.8 Å². The van der Waals surface area contributed by atoms with Crippen LogP contribution in [0, 0.1) is 12.3 Å². The Morgan fingerprint density at radius 1 is 1.21 bits per heavy atom. The Balaban J connectivity index is 1.86. The number of ketones is 1. The maximum absolute atomic E-state index is 13.6. The molecule has 1 aliphatic rings. The average molecular weight is 470 g/mol. The number of nitrogens with one attached hydrogen (secondary N) is 1. The molecular weight excluding hydrogens is 438 g/mol. The van der Waals surface area contributed by atoms with Crippen molar-refractivity contribution in [2.24, 2.45) is 11.1 Å². The third-order valence-corrected chi connectivity index (χ3v) is 6.06. The number of benzene rings is 1. The van der Waals surface area contributed by atoms with Crippen LogP contribution < -0.4 is 11.1 Å². The van der Waals surface area contributed by atoms with Gasteiger partial charge < -0.3 is 25.1 Å². The predicted molar refractivity (Wildman–Crippen MR) is 124 cm³/mol. The molecule has 1 aromatic heterocycles. The van der Waals surface area contributed by atoms with Gasteiger partial charge in [-0.05, 0) is 36.8 Å². The number of primary amides is 1. The molecule has 0 spiro atoms. The van der Waals surface area contributed by atoms with Crippen LogP contribution in [-0.4, -0.2) is 60.2 Å². The number of Topliss-reactive ketones (excluding diaryl/α,β-unsaturated/α-hetero) is 1. The van der Waals surface area contributed by atoms with Crippen LogP contribution in [0.1, 0.15) is 41.9 Å². The first-order chi connectivity index (χ1) is 16.0. The SMILES string of the molecule is Cc1occc1C(=O)NC(CC(C)(C)Cc1ccccc1)C(=O)N(C)C1C(=O)COC1C(N)=O. The molecule has 9 heteroatoms. The molecule has 2 heterocycles. The summed E-state index contributed by atoms with van der Waals surface area (Å²) < 4.78 is 10.4. The van der Waals surface area contributed by atoms with E-state index in [0.717, 1.165) is 10.5 Å². The Labute approximate surface area is 198 Å². The quantitative estimate of drug-likeness (QED) is 0.574. The fourth-order valence-corrected chi connectivity index (χ4v) is 4.39. The van der Waals surface area contributed by atoms with Gasteiger partial charge in [-0.15, -0.1) is 0 Å². The Hall–Kier alpha value is -3.46. The van der Waals surface area contributed by atoms with E-state index in [1.165, 1.54) is 19.4 Å². The Morgan fingerprint density at radius 2 is 1.88 bits per heavy atom. The molecule has 1 fully saturated rings. The monoisotopic (exact) mass is 469 g/mol. The zero-order valence-corrected chi connectivity index (χ0v) is 19.9. The van der Waals surface area contributed by atoms with Crippen molar-refractivity contribution in [2.45, 2.75) is 51.8 Å². The number of hydrogen-bond donors (Lipinski definition) is 2. The second-order valence-corrected chi connectivity index (χ2v) is 9.44. The minimum absolute atomic E-state index is 0.288. The van der Waals surface area contributed by atoms with Crippen molar-refractivity contribution < 1.29 is 28.3 Å². The molecule has 3 amide bonds. The van der Waals surface area contributed by atoms with Gasteiger partial charge in [-0.25, -0.2) is 0 Å². The van der Waals surface area contributed by atoms with E-state index in [1.807, 2.05) is 44.2 Å². The van der Waals surface area contributed by atoms with Gasteiger partial charge in [-0.3, -0.25) is 19.2 Å². The molecule has 9 nitrogen and oxygen atoms in total. The van der Waals surface area contributed by atoms with Gasteiger partial charge in [0.15, 0.2) is 11.9 Å². The third-order valence-electron chi connectivity index (χ3n) is 6.06. The van der Waals surface area contributed by atoms with Crippen LogP contribution in [0.4, 0.5) is 0 Å². The highest BCUT2D eigenvalue weighted by Crippen LogP contribution is 2.29. The number of likely N-dealkylation sites (N-methyl/N-ethyl adjacent to an activating group) is 1. The summed E-state index contributed by atoms with van der Waals surface area (Å²) in [5, 5.41) is 2.81. The zero-order chi connectivity index (χ0) is 25.0. The number of ether oxygens (including phenoxy) is 1. The number of amides is 3. The maximum atomic E-state index is 13.6. The van der Waals surface area contributed by atoms with Crippen LogP contribution in [0.25, 0.3) is 0 Å². The number of nitrogens with two attached hydrogens (primary N) is 1. The van der Waals surface area contributed by atoms with Gasteiger partial charge >= 0.3 is 0 Å². The predicted octanol–water partition coefficient (Wildman–Crippen LogP) is 1.63. The van der Waals surface area contributed by atoms with Crippen molar-refractivity contribution in [3.8, 4) is 0 Å². The lowest BCUT2D eigenvalue weighted by atomic mass is 9.79. The van der Waals surface area contributed by atoms with Crippen molar-refractivity contribution >= 4 is 23.5 Å². The molecule has 0 bridgehead atoms. The minimum Gasteiger partial charge on any atom is -0.469 e. The number of nitrogens with zero attached hydrogens (tertiary/aromatic N) is 1. The first-order valence-electron chi connectivity index (χ1n) is 11.1. The number of rotatable bonds is 9. The molecule has 182 valence electrons. The van der Waals surface area contributed by atoms with E-state index < -0.39 is 41.7 Å². The summed E-state index contributed by atoms with van der Waals surface area (Å²) in [6.07, 6.45) is 1.12. The second-order valence-electron chi connectivity index (χ2n) is 9.44. The summed E-state index contributed by atoms with van der Waals surface area (Å²) in [4.78, 5) is 51.9. The van der Waals surface area contributed by atoms with E-state index in [0.29, 0.717) is 17.7 Å². The summed E-state index contributed by atoms with van der Waals surface area (Å²) in [6.45, 7) is 5.36. The van der Waals surface area contributed by atoms with Gasteiger partial charge in [-0.1, -0.05) is 44.2 Å². The normalized spacial score (nSPS) is 19.0. The van der Waals surface area contributed by atoms with E-state index >= 15 is 0 Å². The van der Waals surface area contributed by atoms with Crippen LogP contribution in [0.5, 0.6) is 0 Å². The molecule has 1 aromatic carbocycles. The molecule has 0 aliphatic carbocycles. The molecule has 34 heavy (non-hydrogen) atoms. The lowest BCUT2D eigenvalue weighted by Crippen LogP contribution is -2.56. The molecule has 2 aromatic rings. The summed E-state index contributed by atoms with van der Waals surface area (Å²) >= 11 is 0. The van der Waals surface area contributed by atoms with Gasteiger partial charge in [0.1, 0.15) is 24.5 Å². The van der Waals surface area contributed by atoms with Crippen LogP contribution in [0.2, 0.25) is 0 Å². The van der Waals surface area contributed by atoms with Crippen molar-refractivity contribution in [1.82, 2.24) is 10.2 Å². The molecule has 1 aliphatic heterocycles. The van der Waals surface area contributed by atoms with Crippen molar-refractivity contribution in [1.29, 1.82) is 0 Å². The Bertz CT molecular complexity index is 1060. The highest BCUT2D eigenvalue weighted by molar-refractivity contribution is 6.01. The maximum Gasteiger partial charge on any atom is 0.255 e. The first-order valence-corrected chi connectivity index (χ1v) is 11.1. The topological polar surface area (TPSA) is 132 Å². The number of aryl methyl sites for hydroxylation is 1. The summed E-state index contributed by atoms with van der Waals surface area (Å²) in [7, 11) is 1.42. The van der Waals surface area contributed by atoms with E-state index in [1.54, 1.807) is 6.92 Å². The number of furan rings is 1. The third kappa shape index (κ3) is 5.72. The molecule has 3 rings (SSSR count). The first kappa shape index (κ1) is 25.2. The highest BCUT2D eigenvalue weighted by atomic mass is 16.5. The van der Waals surface area contributed by atoms with E-state index in [4.69, 9.17) is 14.9 Å². The molecule has 0 radical (unpaired) electrons. The Morgan fingerprint density at radius 3 is 2.47 bits per heavy atom. The molecular formula is C25H31N3O6. The largest absolute Gasteiger partial charge is 0.469 e. The molecule has 1 saturated heterocycles. The fraction of sp³-hybridized carbons (Fsp3) is 0.440. The minimum atomic E-state index is -1.23. The number of carbonyl (C=O) groups is 4. The van der Waals surface area contributed by atoms with Crippen LogP contribution in [0.15, 0.2) is 47.1 Å². The number of hydrogen-bond acceptors (Lipinski definition) is 6. The fourth-order valence-electron chi connectivity index (χ4n) is 4.39. The van der Waals surface area contributed by atoms with Gasteiger partial charge in [-0.2, -0.15) is 0 Å². The molecule has 3 atom stereocenters. The van der Waals surface area contributed by atoms with Gasteiger partial charge in [0, 0.05) is 7.05 Å². The highest BCUT2D eigenvalue weighted by Gasteiger charge is 2.45. The number of carbonyl (C=O) groups excluding carboxylic acids is 4. The lowest BCUT2D eigenvalue weighted by molar-refractivity contribution is -0.141. The summed E-state index contributed by atoms with van der Waals surface area (Å²) in [5.74, 6) is -1.79. The van der Waals surface area contributed by atoms with Crippen LogP contribution >= 0.6 is 0 Å². The second kappa shape index (κ2) is 10.2. The average Bonchev–Trinajstić information content (AvgIpc) is 3.37. The standard InChI is InChI=1S/C25H31N3O6/c1-15-17(10-11-33-15)23(31)27-18(13-25(2,3)12-16-8-6-5-7-9-16)24(32)28(4)20-19(29)14-34-21(20)22(26)30/h5-11,18,20-21H,12-14H2,1-4H3,(H2,26,30)(H,27,31). The summed E-state index contributed by atoms with van der Waals surface area (Å²) in [5.41, 5.74) is 6.40. The molecule has 3 N–H and O–H groups in total. The van der Waals surface area contributed by atoms with Crippen molar-refractivity contribution in [3.63, 3.8) is 0 Å². The molecule has 0 saturated carbocycles. The van der Waals surface area contributed by atoms with Gasteiger partial charge in [0.2, 0.25) is 11.8 Å². The van der Waals surface area contributed by atoms with Crippen LogP contribution in [0.3, 0.4) is 0 Å². The van der Waals surface area contributed by atoms with Gasteiger partial charge in [0.25, 0.3) is 5.91 Å². The van der Waals surface area contributed by atoms with E-state index in [9.17, 15) is 19.2 Å².